The first-order chi connectivity index (χ1) is 11.2. The van der Waals surface area contributed by atoms with E-state index in [1.165, 1.54) is 4.57 Å². The second-order valence-electron chi connectivity index (χ2n) is 5.76. The molecule has 0 atom stereocenters. The van der Waals surface area contributed by atoms with Crippen LogP contribution in [-0.4, -0.2) is 16.4 Å². The lowest BCUT2D eigenvalue weighted by atomic mass is 10.0. The fourth-order valence-corrected chi connectivity index (χ4v) is 4.22. The first kappa shape index (κ1) is 16.9. The van der Waals surface area contributed by atoms with Crippen molar-refractivity contribution >= 4 is 49.5 Å². The highest BCUT2D eigenvalue weighted by Gasteiger charge is 2.32. The minimum absolute atomic E-state index is 0.00444. The molecule has 2 amide bonds. The summed E-state index contributed by atoms with van der Waals surface area (Å²) in [6.45, 7) is 4.11. The van der Waals surface area contributed by atoms with Gasteiger partial charge in [0, 0.05) is 15.0 Å². The Morgan fingerprint density at radius 2 is 1.62 bits per heavy atom. The van der Waals surface area contributed by atoms with Gasteiger partial charge in [-0.1, -0.05) is 13.8 Å². The molecule has 2 heterocycles. The third kappa shape index (κ3) is 2.50. The molecule has 3 rings (SSSR count). The molecule has 0 bridgehead atoms. The van der Waals surface area contributed by atoms with Crippen molar-refractivity contribution in [2.75, 3.05) is 5.73 Å². The molecule has 1 aliphatic rings. The summed E-state index contributed by atoms with van der Waals surface area (Å²) in [5.74, 6) is -0.991. The molecule has 6 nitrogen and oxygen atoms in total. The quantitative estimate of drug-likeness (QED) is 0.682. The van der Waals surface area contributed by atoms with E-state index in [2.05, 4.69) is 51.0 Å². The van der Waals surface area contributed by atoms with E-state index in [0.717, 1.165) is 11.6 Å². The van der Waals surface area contributed by atoms with Gasteiger partial charge in [-0.15, -0.1) is 0 Å². The predicted molar refractivity (Wildman–Crippen MR) is 97.7 cm³/mol. The number of nitrogens with two attached hydrogens (primary N) is 1. The van der Waals surface area contributed by atoms with E-state index in [4.69, 9.17) is 5.73 Å². The van der Waals surface area contributed by atoms with Crippen LogP contribution in [0.3, 0.4) is 0 Å². The summed E-state index contributed by atoms with van der Waals surface area (Å²) in [5, 5.41) is 2.15. The number of carbonyl (C=O) groups excluding carboxylic acids is 2. The number of nitrogen functional groups attached to an aromatic ring is 1. The topological polar surface area (TPSA) is 94.2 Å². The van der Waals surface area contributed by atoms with Crippen LogP contribution in [0, 0.1) is 0 Å². The summed E-state index contributed by atoms with van der Waals surface area (Å²) < 4.78 is 2.52. The monoisotopic (exact) mass is 453 g/mol. The number of amides is 2. The molecular weight excluding hydrogens is 442 g/mol. The van der Waals surface area contributed by atoms with Gasteiger partial charge in [0.15, 0.2) is 0 Å². The van der Waals surface area contributed by atoms with Crippen LogP contribution in [0.2, 0.25) is 0 Å². The van der Waals surface area contributed by atoms with Gasteiger partial charge in [0.05, 0.1) is 16.8 Å². The molecule has 0 radical (unpaired) electrons. The number of rotatable bonds is 2. The molecule has 1 aliphatic heterocycles. The van der Waals surface area contributed by atoms with Crippen LogP contribution in [0.25, 0.3) is 5.69 Å². The van der Waals surface area contributed by atoms with Crippen LogP contribution >= 0.6 is 31.9 Å². The molecule has 0 saturated heterocycles. The number of benzene rings is 1. The zero-order chi connectivity index (χ0) is 17.8. The zero-order valence-corrected chi connectivity index (χ0v) is 16.0. The maximum Gasteiger partial charge on any atom is 0.262 e. The fraction of sp³-hybridized carbons (Fsp3) is 0.188. The Bertz CT molecular complexity index is 941. The minimum atomic E-state index is -0.612. The number of imide groups is 1. The Morgan fingerprint density at radius 3 is 2.17 bits per heavy atom. The summed E-state index contributed by atoms with van der Waals surface area (Å²) in [5.41, 5.74) is 7.15. The molecule has 1 aromatic carbocycles. The molecule has 0 spiro atoms. The second kappa shape index (κ2) is 5.86. The maximum absolute atomic E-state index is 12.5. The first-order valence-electron chi connectivity index (χ1n) is 7.13. The van der Waals surface area contributed by atoms with E-state index >= 15 is 0 Å². The highest BCUT2D eigenvalue weighted by Crippen LogP contribution is 2.35. The van der Waals surface area contributed by atoms with Crippen LogP contribution in [0.4, 0.5) is 5.82 Å². The van der Waals surface area contributed by atoms with Gasteiger partial charge in [-0.2, -0.15) is 0 Å². The molecule has 24 heavy (non-hydrogen) atoms. The summed E-state index contributed by atoms with van der Waals surface area (Å²) in [7, 11) is 0. The number of aromatic nitrogens is 1. The van der Waals surface area contributed by atoms with Crippen LogP contribution in [0.15, 0.2) is 31.9 Å². The number of nitrogens with one attached hydrogen (secondary N) is 1. The van der Waals surface area contributed by atoms with Crippen molar-refractivity contribution in [1.82, 2.24) is 9.88 Å². The maximum atomic E-state index is 12.5. The molecule has 3 N–H and O–H groups in total. The first-order valence-corrected chi connectivity index (χ1v) is 8.71. The number of halogens is 2. The fourth-order valence-electron chi connectivity index (χ4n) is 2.64. The van der Waals surface area contributed by atoms with Crippen LogP contribution in [-0.2, 0) is 0 Å². The van der Waals surface area contributed by atoms with Gasteiger partial charge >= 0.3 is 0 Å². The number of hydrogen-bond donors (Lipinski definition) is 2. The lowest BCUT2D eigenvalue weighted by Gasteiger charge is -2.17. The van der Waals surface area contributed by atoms with Crippen molar-refractivity contribution < 1.29 is 9.59 Å². The molecule has 0 unspecified atom stereocenters. The summed E-state index contributed by atoms with van der Waals surface area (Å²) in [4.78, 5) is 36.2. The normalized spacial score (nSPS) is 13.4. The molecule has 0 aliphatic carbocycles. The number of anilines is 1. The Balaban J connectivity index is 2.34. The zero-order valence-electron chi connectivity index (χ0n) is 12.8. The Hall–Kier alpha value is -1.93. The van der Waals surface area contributed by atoms with Crippen molar-refractivity contribution in [1.29, 1.82) is 0 Å². The third-order valence-electron chi connectivity index (χ3n) is 3.88. The van der Waals surface area contributed by atoms with Gasteiger partial charge in [-0.05, 0) is 55.5 Å². The average molecular weight is 455 g/mol. The van der Waals surface area contributed by atoms with E-state index in [0.29, 0.717) is 20.6 Å². The van der Waals surface area contributed by atoms with E-state index in [9.17, 15) is 14.4 Å². The van der Waals surface area contributed by atoms with E-state index in [1.807, 2.05) is 12.1 Å². The van der Waals surface area contributed by atoms with Crippen molar-refractivity contribution in [2.24, 2.45) is 0 Å². The molecule has 124 valence electrons. The van der Waals surface area contributed by atoms with Crippen molar-refractivity contribution in [3.05, 3.63) is 54.2 Å². The molecule has 2 aromatic rings. The van der Waals surface area contributed by atoms with Crippen LogP contribution in [0.5, 0.6) is 0 Å². The van der Waals surface area contributed by atoms with Gasteiger partial charge in [-0.3, -0.25) is 24.3 Å². The standard InChI is InChI=1S/C16H13Br2N3O3/c1-6(2)7-3-9(17)13(10(18)4-7)21-11(22)5-8-12(14(21)19)16(24)20-15(8)23/h3-6H,19H2,1-2H3,(H,20,23,24). The number of fused-ring (bicyclic) bond motifs is 1. The number of hydrogen-bond acceptors (Lipinski definition) is 4. The second-order valence-corrected chi connectivity index (χ2v) is 7.47. The SMILES string of the molecule is CC(C)c1cc(Br)c(-n2c(N)c3c(cc2=O)C(=O)NC3=O)c(Br)c1. The summed E-state index contributed by atoms with van der Waals surface area (Å²) in [6.07, 6.45) is 0. The van der Waals surface area contributed by atoms with Crippen molar-refractivity contribution in [2.45, 2.75) is 19.8 Å². The largest absolute Gasteiger partial charge is 0.384 e. The van der Waals surface area contributed by atoms with E-state index < -0.39 is 17.4 Å². The molecule has 1 aromatic heterocycles. The van der Waals surface area contributed by atoms with Crippen LogP contribution < -0.4 is 16.6 Å². The third-order valence-corrected chi connectivity index (χ3v) is 5.09. The minimum Gasteiger partial charge on any atom is -0.384 e. The van der Waals surface area contributed by atoms with Gasteiger partial charge in [0.1, 0.15) is 5.82 Å². The van der Waals surface area contributed by atoms with Gasteiger partial charge in [-0.25, -0.2) is 0 Å². The lowest BCUT2D eigenvalue weighted by Crippen LogP contribution is -2.24. The smallest absolute Gasteiger partial charge is 0.262 e. The van der Waals surface area contributed by atoms with Crippen molar-refractivity contribution in [3.63, 3.8) is 0 Å². The number of carbonyl (C=O) groups is 2. The Kier molecular flexibility index (Phi) is 4.13. The highest BCUT2D eigenvalue weighted by molar-refractivity contribution is 9.11. The van der Waals surface area contributed by atoms with Gasteiger partial charge < -0.3 is 5.73 Å². The summed E-state index contributed by atoms with van der Waals surface area (Å²) in [6, 6.07) is 4.92. The molecule has 0 saturated carbocycles. The Labute approximate surface area is 154 Å². The highest BCUT2D eigenvalue weighted by atomic mass is 79.9. The van der Waals surface area contributed by atoms with Gasteiger partial charge in [0.25, 0.3) is 17.4 Å². The lowest BCUT2D eigenvalue weighted by molar-refractivity contribution is 0.0880. The van der Waals surface area contributed by atoms with Crippen molar-refractivity contribution in [3.8, 4) is 5.69 Å². The number of pyridine rings is 1. The molecular formula is C16H13Br2N3O3. The van der Waals surface area contributed by atoms with Gasteiger partial charge in [0.2, 0.25) is 0 Å². The average Bonchev–Trinajstić information content (AvgIpc) is 2.75. The number of nitrogens with zero attached hydrogens (tertiary/aromatic N) is 1. The summed E-state index contributed by atoms with van der Waals surface area (Å²) >= 11 is 6.93. The molecule has 8 heteroatoms. The van der Waals surface area contributed by atoms with E-state index in [-0.39, 0.29) is 16.9 Å². The molecule has 0 fully saturated rings. The predicted octanol–water partition coefficient (Wildman–Crippen LogP) is 2.95. The van der Waals surface area contributed by atoms with Crippen LogP contribution in [0.1, 0.15) is 46.0 Å². The van der Waals surface area contributed by atoms with E-state index in [1.54, 1.807) is 0 Å². The Morgan fingerprint density at radius 1 is 1.04 bits per heavy atom.